The van der Waals surface area contributed by atoms with Crippen LogP contribution in [0.3, 0.4) is 0 Å². The molecule has 0 aromatic carbocycles. The van der Waals surface area contributed by atoms with E-state index in [4.69, 9.17) is 0 Å². The Hall–Kier alpha value is -0.160. The van der Waals surface area contributed by atoms with Crippen LogP contribution >= 0.6 is 23.5 Å². The smallest absolute Gasteiger partial charge is 0.191 e. The standard InChI is InChI=1S/C6H11N3S2/c1-3-10-5-11-6-8-7-4-9(6)2/h4H,3,5H2,1-2H3. The van der Waals surface area contributed by atoms with Gasteiger partial charge in [0.2, 0.25) is 0 Å². The Bertz CT molecular complexity index is 211. The first-order valence-electron chi connectivity index (χ1n) is 3.39. The summed E-state index contributed by atoms with van der Waals surface area (Å²) in [5, 5.41) is 9.78. The molecule has 0 unspecified atom stereocenters. The third kappa shape index (κ3) is 2.75. The van der Waals surface area contributed by atoms with E-state index in [1.165, 1.54) is 0 Å². The fourth-order valence-corrected chi connectivity index (χ4v) is 2.36. The SMILES string of the molecule is CCSCSc1nncn1C. The van der Waals surface area contributed by atoms with Gasteiger partial charge in [-0.3, -0.25) is 0 Å². The van der Waals surface area contributed by atoms with Gasteiger partial charge in [-0.25, -0.2) is 0 Å². The van der Waals surface area contributed by atoms with Gasteiger partial charge in [-0.1, -0.05) is 18.7 Å². The summed E-state index contributed by atoms with van der Waals surface area (Å²) in [5.74, 6) is 1.16. The third-order valence-electron chi connectivity index (χ3n) is 1.15. The molecule has 0 saturated heterocycles. The van der Waals surface area contributed by atoms with Crippen LogP contribution in [0.15, 0.2) is 11.5 Å². The van der Waals surface area contributed by atoms with Crippen LogP contribution in [0.4, 0.5) is 0 Å². The fraction of sp³-hybridized carbons (Fsp3) is 0.667. The van der Waals surface area contributed by atoms with Gasteiger partial charge in [0.05, 0.1) is 0 Å². The second kappa shape index (κ2) is 4.66. The van der Waals surface area contributed by atoms with Crippen LogP contribution in [-0.4, -0.2) is 25.6 Å². The van der Waals surface area contributed by atoms with Crippen molar-refractivity contribution in [3.8, 4) is 0 Å². The maximum atomic E-state index is 3.95. The van der Waals surface area contributed by atoms with E-state index in [1.54, 1.807) is 18.1 Å². The molecule has 0 amide bonds. The Kier molecular flexibility index (Phi) is 3.79. The first-order chi connectivity index (χ1) is 5.34. The minimum Gasteiger partial charge on any atom is -0.312 e. The number of rotatable bonds is 4. The molecule has 0 spiro atoms. The van der Waals surface area contributed by atoms with Crippen molar-refractivity contribution in [3.05, 3.63) is 6.33 Å². The van der Waals surface area contributed by atoms with Crippen molar-refractivity contribution in [3.63, 3.8) is 0 Å². The van der Waals surface area contributed by atoms with E-state index in [-0.39, 0.29) is 0 Å². The molecule has 1 aromatic rings. The van der Waals surface area contributed by atoms with E-state index in [0.29, 0.717) is 0 Å². The molecule has 11 heavy (non-hydrogen) atoms. The quantitative estimate of drug-likeness (QED) is 0.409. The van der Waals surface area contributed by atoms with Gasteiger partial charge in [-0.2, -0.15) is 11.8 Å². The highest BCUT2D eigenvalue weighted by atomic mass is 32.2. The lowest BCUT2D eigenvalue weighted by atomic mass is 11.0. The second-order valence-electron chi connectivity index (χ2n) is 1.98. The molecule has 0 bridgehead atoms. The maximum Gasteiger partial charge on any atom is 0.191 e. The van der Waals surface area contributed by atoms with E-state index in [1.807, 2.05) is 23.4 Å². The number of aryl methyl sites for hydroxylation is 1. The van der Waals surface area contributed by atoms with Crippen molar-refractivity contribution in [2.24, 2.45) is 7.05 Å². The lowest BCUT2D eigenvalue weighted by Gasteiger charge is -1.97. The van der Waals surface area contributed by atoms with Crippen molar-refractivity contribution in [1.29, 1.82) is 0 Å². The number of hydrogen-bond acceptors (Lipinski definition) is 4. The summed E-state index contributed by atoms with van der Waals surface area (Å²) in [4.78, 5) is 0. The molecule has 1 aromatic heterocycles. The van der Waals surface area contributed by atoms with E-state index < -0.39 is 0 Å². The minimum absolute atomic E-state index is 0.992. The molecule has 0 aliphatic carbocycles. The number of thioether (sulfide) groups is 2. The minimum atomic E-state index is 0.992. The summed E-state index contributed by atoms with van der Waals surface area (Å²) >= 11 is 3.63. The average Bonchev–Trinajstić information content (AvgIpc) is 2.37. The Morgan fingerprint density at radius 1 is 1.64 bits per heavy atom. The van der Waals surface area contributed by atoms with Crippen LogP contribution in [-0.2, 0) is 7.05 Å². The normalized spacial score (nSPS) is 10.4. The molecule has 0 aliphatic rings. The topological polar surface area (TPSA) is 30.7 Å². The van der Waals surface area contributed by atoms with Gasteiger partial charge >= 0.3 is 0 Å². The van der Waals surface area contributed by atoms with Crippen LogP contribution in [0.1, 0.15) is 6.92 Å². The Labute approximate surface area is 75.0 Å². The molecule has 0 aliphatic heterocycles. The van der Waals surface area contributed by atoms with Crippen molar-refractivity contribution in [1.82, 2.24) is 14.8 Å². The van der Waals surface area contributed by atoms with Gasteiger partial charge in [0.1, 0.15) is 6.33 Å². The molecule has 0 radical (unpaired) electrons. The van der Waals surface area contributed by atoms with E-state index in [0.717, 1.165) is 16.0 Å². The first-order valence-corrected chi connectivity index (χ1v) is 5.53. The highest BCUT2D eigenvalue weighted by Crippen LogP contribution is 2.18. The zero-order chi connectivity index (χ0) is 8.10. The van der Waals surface area contributed by atoms with Gasteiger partial charge in [-0.05, 0) is 5.75 Å². The summed E-state index contributed by atoms with van der Waals surface area (Å²) in [5.41, 5.74) is 0. The van der Waals surface area contributed by atoms with Gasteiger partial charge in [0, 0.05) is 12.1 Å². The molecule has 0 N–H and O–H groups in total. The third-order valence-corrected chi connectivity index (χ3v) is 3.32. The Morgan fingerprint density at radius 2 is 2.45 bits per heavy atom. The summed E-state index contributed by atoms with van der Waals surface area (Å²) in [6.07, 6.45) is 1.72. The summed E-state index contributed by atoms with van der Waals surface area (Å²) in [7, 11) is 1.96. The van der Waals surface area contributed by atoms with Gasteiger partial charge in [0.25, 0.3) is 0 Å². The molecular weight excluding hydrogens is 178 g/mol. The van der Waals surface area contributed by atoms with Crippen LogP contribution in [0, 0.1) is 0 Å². The van der Waals surface area contributed by atoms with Crippen LogP contribution in [0.25, 0.3) is 0 Å². The Morgan fingerprint density at radius 3 is 3.00 bits per heavy atom. The first kappa shape index (κ1) is 8.93. The molecule has 1 heterocycles. The van der Waals surface area contributed by atoms with E-state index in [9.17, 15) is 0 Å². The lowest BCUT2D eigenvalue weighted by Crippen LogP contribution is -1.88. The highest BCUT2D eigenvalue weighted by molar-refractivity contribution is 8.15. The summed E-state index contributed by atoms with van der Waals surface area (Å²) in [6.45, 7) is 2.15. The zero-order valence-corrected chi connectivity index (χ0v) is 8.28. The Balaban J connectivity index is 2.32. The lowest BCUT2D eigenvalue weighted by molar-refractivity contribution is 0.790. The van der Waals surface area contributed by atoms with Gasteiger partial charge in [-0.15, -0.1) is 10.2 Å². The maximum absolute atomic E-state index is 3.95. The number of hydrogen-bond donors (Lipinski definition) is 0. The molecule has 3 nitrogen and oxygen atoms in total. The summed E-state index contributed by atoms with van der Waals surface area (Å²) in [6, 6.07) is 0. The number of nitrogens with zero attached hydrogens (tertiary/aromatic N) is 3. The molecule has 0 saturated carbocycles. The molecule has 0 atom stereocenters. The average molecular weight is 189 g/mol. The highest BCUT2D eigenvalue weighted by Gasteiger charge is 1.98. The summed E-state index contributed by atoms with van der Waals surface area (Å²) < 4.78 is 1.93. The van der Waals surface area contributed by atoms with Gasteiger partial charge in [0.15, 0.2) is 5.16 Å². The van der Waals surface area contributed by atoms with Crippen molar-refractivity contribution in [2.75, 3.05) is 10.8 Å². The molecule has 0 fully saturated rings. The predicted molar refractivity (Wildman–Crippen MR) is 49.9 cm³/mol. The van der Waals surface area contributed by atoms with Crippen molar-refractivity contribution in [2.45, 2.75) is 12.1 Å². The van der Waals surface area contributed by atoms with Crippen LogP contribution in [0.5, 0.6) is 0 Å². The van der Waals surface area contributed by atoms with Crippen molar-refractivity contribution < 1.29 is 0 Å². The van der Waals surface area contributed by atoms with Crippen LogP contribution in [0.2, 0.25) is 0 Å². The van der Waals surface area contributed by atoms with E-state index >= 15 is 0 Å². The molecule has 62 valence electrons. The van der Waals surface area contributed by atoms with Crippen LogP contribution < -0.4 is 0 Å². The largest absolute Gasteiger partial charge is 0.312 e. The number of aromatic nitrogens is 3. The van der Waals surface area contributed by atoms with Gasteiger partial charge < -0.3 is 4.57 Å². The molecule has 1 rings (SSSR count). The second-order valence-corrected chi connectivity index (χ2v) is 4.56. The fourth-order valence-electron chi connectivity index (χ4n) is 0.581. The van der Waals surface area contributed by atoms with E-state index in [2.05, 4.69) is 17.1 Å². The molecular formula is C6H11N3S2. The predicted octanol–water partition coefficient (Wildman–Crippen LogP) is 1.62. The zero-order valence-electron chi connectivity index (χ0n) is 6.65. The van der Waals surface area contributed by atoms with Crippen molar-refractivity contribution >= 4 is 23.5 Å². The molecule has 5 heteroatoms. The monoisotopic (exact) mass is 189 g/mol.